The molecule has 1 amide bonds. The molecule has 0 aliphatic carbocycles. The van der Waals surface area contributed by atoms with E-state index in [-0.39, 0.29) is 22.7 Å². The first-order valence-corrected chi connectivity index (χ1v) is 14.7. The van der Waals surface area contributed by atoms with Crippen LogP contribution in [0.4, 0.5) is 14.5 Å². The smallest absolute Gasteiger partial charge is 0.255 e. The Hall–Kier alpha value is -5.03. The van der Waals surface area contributed by atoms with Crippen LogP contribution < -0.4 is 9.62 Å². The summed E-state index contributed by atoms with van der Waals surface area (Å²) in [4.78, 5) is 17.6. The number of amides is 1. The number of benzene rings is 4. The molecule has 1 N–H and O–H groups in total. The Morgan fingerprint density at radius 3 is 2.21 bits per heavy atom. The summed E-state index contributed by atoms with van der Waals surface area (Å²) in [6.45, 7) is 0. The Morgan fingerprint density at radius 2 is 1.57 bits per heavy atom. The quantitative estimate of drug-likeness (QED) is 0.253. The zero-order valence-corrected chi connectivity index (χ0v) is 23.5. The Labute approximate surface area is 239 Å². The standard InChI is InChI=1S/C31H24F2N4O4S/c1-34-31(38)29-24-15-23(19-6-13-25-27(14-19)37(17-35-25)22-11-9-21(33)10-12-22)26(36(2)42(3,39)40)16-28(24)41-30(29)18-4-7-20(32)8-5-18/h4-17H,1-3H3,(H,34,38). The molecule has 6 rings (SSSR count). The molecule has 212 valence electrons. The lowest BCUT2D eigenvalue weighted by atomic mass is 9.98. The summed E-state index contributed by atoms with van der Waals surface area (Å²) in [6, 6.07) is 20.3. The molecule has 42 heavy (non-hydrogen) atoms. The average Bonchev–Trinajstić information content (AvgIpc) is 3.57. The molecule has 0 saturated carbocycles. The second kappa shape index (κ2) is 10.1. The Bertz CT molecular complexity index is 2100. The lowest BCUT2D eigenvalue weighted by Gasteiger charge is -2.21. The number of sulfonamides is 1. The van der Waals surface area contributed by atoms with Crippen LogP contribution in [0.1, 0.15) is 10.4 Å². The van der Waals surface area contributed by atoms with Crippen LogP contribution in [0, 0.1) is 11.6 Å². The number of aromatic nitrogens is 2. The van der Waals surface area contributed by atoms with Crippen molar-refractivity contribution in [3.8, 4) is 28.1 Å². The van der Waals surface area contributed by atoms with Crippen LogP contribution >= 0.6 is 0 Å². The molecule has 0 aliphatic rings. The summed E-state index contributed by atoms with van der Waals surface area (Å²) in [5.74, 6) is -1.00. The highest BCUT2D eigenvalue weighted by Crippen LogP contribution is 2.42. The summed E-state index contributed by atoms with van der Waals surface area (Å²) < 4.78 is 61.8. The van der Waals surface area contributed by atoms with E-state index in [0.29, 0.717) is 44.5 Å². The molecule has 2 heterocycles. The summed E-state index contributed by atoms with van der Waals surface area (Å²) in [5, 5.41) is 3.08. The van der Waals surface area contributed by atoms with Gasteiger partial charge in [-0.1, -0.05) is 6.07 Å². The van der Waals surface area contributed by atoms with E-state index in [1.165, 1.54) is 50.5 Å². The second-order valence-corrected chi connectivity index (χ2v) is 11.8. The minimum Gasteiger partial charge on any atom is -0.455 e. The molecule has 0 aliphatic heterocycles. The third kappa shape index (κ3) is 4.67. The zero-order chi connectivity index (χ0) is 29.8. The summed E-state index contributed by atoms with van der Waals surface area (Å²) >= 11 is 0. The number of carbonyl (C=O) groups is 1. The number of anilines is 1. The molecule has 4 aromatic carbocycles. The molecule has 11 heteroatoms. The van der Waals surface area contributed by atoms with Crippen LogP contribution in [-0.2, 0) is 10.0 Å². The highest BCUT2D eigenvalue weighted by atomic mass is 32.2. The first kappa shape index (κ1) is 27.2. The first-order chi connectivity index (χ1) is 20.0. The van der Waals surface area contributed by atoms with Gasteiger partial charge in [-0.25, -0.2) is 22.2 Å². The van der Waals surface area contributed by atoms with Crippen LogP contribution in [0.2, 0.25) is 0 Å². The number of nitrogens with one attached hydrogen (secondary N) is 1. The monoisotopic (exact) mass is 586 g/mol. The molecule has 8 nitrogen and oxygen atoms in total. The molecule has 0 bridgehead atoms. The van der Waals surface area contributed by atoms with Crippen LogP contribution in [0.15, 0.2) is 89.6 Å². The second-order valence-electron chi connectivity index (χ2n) is 9.78. The maximum Gasteiger partial charge on any atom is 0.255 e. The molecule has 0 fully saturated rings. The Morgan fingerprint density at radius 1 is 0.929 bits per heavy atom. The van der Waals surface area contributed by atoms with Crippen molar-refractivity contribution in [1.29, 1.82) is 0 Å². The predicted molar refractivity (Wildman–Crippen MR) is 158 cm³/mol. The fraction of sp³-hybridized carbons (Fsp3) is 0.0968. The van der Waals surface area contributed by atoms with Crippen LogP contribution in [0.3, 0.4) is 0 Å². The number of hydrogen-bond acceptors (Lipinski definition) is 5. The maximum atomic E-state index is 13.7. The van der Waals surface area contributed by atoms with Gasteiger partial charge < -0.3 is 9.73 Å². The van der Waals surface area contributed by atoms with Gasteiger partial charge in [-0.05, 0) is 72.3 Å². The van der Waals surface area contributed by atoms with E-state index < -0.39 is 21.7 Å². The Kier molecular flexibility index (Phi) is 6.53. The molecule has 0 unspecified atom stereocenters. The number of rotatable bonds is 6. The first-order valence-electron chi connectivity index (χ1n) is 12.8. The maximum absolute atomic E-state index is 13.7. The molecule has 0 spiro atoms. The van der Waals surface area contributed by atoms with Crippen molar-refractivity contribution in [2.45, 2.75) is 0 Å². The van der Waals surface area contributed by atoms with E-state index in [4.69, 9.17) is 4.42 Å². The van der Waals surface area contributed by atoms with Crippen molar-refractivity contribution in [3.05, 3.63) is 102 Å². The average molecular weight is 587 g/mol. The Balaban J connectivity index is 1.63. The van der Waals surface area contributed by atoms with E-state index in [2.05, 4.69) is 10.3 Å². The van der Waals surface area contributed by atoms with Gasteiger partial charge in [0.05, 0.1) is 28.5 Å². The van der Waals surface area contributed by atoms with Gasteiger partial charge in [0.1, 0.15) is 29.3 Å². The fourth-order valence-electron chi connectivity index (χ4n) is 4.94. The number of carbonyl (C=O) groups excluding carboxylic acids is 1. The van der Waals surface area contributed by atoms with Crippen molar-refractivity contribution in [2.24, 2.45) is 0 Å². The van der Waals surface area contributed by atoms with E-state index in [1.807, 2.05) is 12.1 Å². The molecule has 0 atom stereocenters. The van der Waals surface area contributed by atoms with E-state index in [0.717, 1.165) is 10.6 Å². The number of hydrogen-bond donors (Lipinski definition) is 1. The normalized spacial score (nSPS) is 11.7. The molecule has 2 aromatic heterocycles. The van der Waals surface area contributed by atoms with Crippen molar-refractivity contribution < 1.29 is 26.4 Å². The van der Waals surface area contributed by atoms with Crippen molar-refractivity contribution in [1.82, 2.24) is 14.9 Å². The minimum atomic E-state index is -3.71. The molecule has 6 aromatic rings. The summed E-state index contributed by atoms with van der Waals surface area (Å²) in [7, 11) is -0.777. The molecular formula is C31H24F2N4O4S. The largest absolute Gasteiger partial charge is 0.455 e. The van der Waals surface area contributed by atoms with Crippen LogP contribution in [0.5, 0.6) is 0 Å². The number of halogens is 2. The van der Waals surface area contributed by atoms with Crippen LogP contribution in [0.25, 0.3) is 50.1 Å². The molecular weight excluding hydrogens is 562 g/mol. The van der Waals surface area contributed by atoms with Gasteiger partial charge in [-0.15, -0.1) is 0 Å². The van der Waals surface area contributed by atoms with E-state index in [9.17, 15) is 22.0 Å². The number of nitrogens with zero attached hydrogens (tertiary/aromatic N) is 3. The van der Waals surface area contributed by atoms with Crippen LogP contribution in [-0.4, -0.2) is 44.2 Å². The number of imidazole rings is 1. The lowest BCUT2D eigenvalue weighted by molar-refractivity contribution is 0.0964. The van der Waals surface area contributed by atoms with Gasteiger partial charge in [0, 0.05) is 42.4 Å². The van der Waals surface area contributed by atoms with Gasteiger partial charge >= 0.3 is 0 Å². The van der Waals surface area contributed by atoms with Gasteiger partial charge in [-0.3, -0.25) is 13.7 Å². The minimum absolute atomic E-state index is 0.222. The van der Waals surface area contributed by atoms with Crippen molar-refractivity contribution >= 4 is 43.6 Å². The highest BCUT2D eigenvalue weighted by Gasteiger charge is 2.26. The van der Waals surface area contributed by atoms with E-state index >= 15 is 0 Å². The lowest BCUT2D eigenvalue weighted by Crippen LogP contribution is -2.25. The molecule has 0 saturated heterocycles. The van der Waals surface area contributed by atoms with Gasteiger partial charge in [0.2, 0.25) is 10.0 Å². The predicted octanol–water partition coefficient (Wildman–Crippen LogP) is 6.14. The third-order valence-electron chi connectivity index (χ3n) is 7.17. The van der Waals surface area contributed by atoms with Crippen molar-refractivity contribution in [3.63, 3.8) is 0 Å². The summed E-state index contributed by atoms with van der Waals surface area (Å²) in [5.41, 5.74) is 4.54. The SMILES string of the molecule is CNC(=O)c1c(-c2ccc(F)cc2)oc2cc(N(C)S(C)(=O)=O)c(-c3ccc4ncn(-c5ccc(F)cc5)c4c3)cc12. The highest BCUT2D eigenvalue weighted by molar-refractivity contribution is 7.92. The third-order valence-corrected chi connectivity index (χ3v) is 8.36. The zero-order valence-electron chi connectivity index (χ0n) is 22.7. The van der Waals surface area contributed by atoms with Crippen molar-refractivity contribution in [2.75, 3.05) is 24.7 Å². The topological polar surface area (TPSA) is 97.4 Å². The van der Waals surface area contributed by atoms with Gasteiger partial charge in [0.15, 0.2) is 0 Å². The number of fused-ring (bicyclic) bond motifs is 2. The fourth-order valence-corrected chi connectivity index (χ4v) is 5.45. The van der Waals surface area contributed by atoms with Gasteiger partial charge in [0.25, 0.3) is 5.91 Å². The van der Waals surface area contributed by atoms with E-state index in [1.54, 1.807) is 41.2 Å². The molecule has 0 radical (unpaired) electrons. The van der Waals surface area contributed by atoms with Gasteiger partial charge in [-0.2, -0.15) is 0 Å². The number of furan rings is 1. The summed E-state index contributed by atoms with van der Waals surface area (Å²) in [6.07, 6.45) is 2.72.